The van der Waals surface area contributed by atoms with Gasteiger partial charge in [-0.05, 0) is 19.8 Å². The Bertz CT molecular complexity index is 232. The fourth-order valence-corrected chi connectivity index (χ4v) is 2.00. The summed E-state index contributed by atoms with van der Waals surface area (Å²) in [4.78, 5) is 11.5. The molecule has 0 bridgehead atoms. The van der Waals surface area contributed by atoms with Gasteiger partial charge in [0.05, 0.1) is 6.10 Å². The van der Waals surface area contributed by atoms with Crippen molar-refractivity contribution in [3.8, 4) is 0 Å². The number of carbonyl (C=O) groups excluding carboxylic acids is 1. The summed E-state index contributed by atoms with van der Waals surface area (Å²) < 4.78 is 5.48. The summed E-state index contributed by atoms with van der Waals surface area (Å²) in [5.41, 5.74) is -0.370. The lowest BCUT2D eigenvalue weighted by Gasteiger charge is -2.13. The SMILES string of the molecule is C/C=C/CC12OC1CCCC2=O. The van der Waals surface area contributed by atoms with E-state index in [1.54, 1.807) is 0 Å². The number of carbonyl (C=O) groups is 1. The Morgan fingerprint density at radius 2 is 2.58 bits per heavy atom. The highest BCUT2D eigenvalue weighted by molar-refractivity contribution is 5.91. The van der Waals surface area contributed by atoms with Crippen molar-refractivity contribution in [3.63, 3.8) is 0 Å². The van der Waals surface area contributed by atoms with Crippen LogP contribution in [-0.2, 0) is 9.53 Å². The zero-order valence-electron chi connectivity index (χ0n) is 7.38. The summed E-state index contributed by atoms with van der Waals surface area (Å²) in [6, 6.07) is 0. The lowest BCUT2D eigenvalue weighted by Crippen LogP contribution is -2.30. The zero-order valence-corrected chi connectivity index (χ0v) is 7.38. The Kier molecular flexibility index (Phi) is 1.80. The maximum atomic E-state index is 11.5. The first-order chi connectivity index (χ1) is 5.79. The van der Waals surface area contributed by atoms with Gasteiger partial charge >= 0.3 is 0 Å². The van der Waals surface area contributed by atoms with Gasteiger partial charge in [-0.15, -0.1) is 0 Å². The second kappa shape index (κ2) is 2.70. The van der Waals surface area contributed by atoms with E-state index in [9.17, 15) is 4.79 Å². The van der Waals surface area contributed by atoms with Crippen LogP contribution in [0.25, 0.3) is 0 Å². The standard InChI is InChI=1S/C10H14O2/c1-2-3-7-10-8(11)5-4-6-9(10)12-10/h2-3,9H,4-7H2,1H3/b3-2+. The molecule has 2 heteroatoms. The molecular formula is C10H14O2. The maximum absolute atomic E-state index is 11.5. The van der Waals surface area contributed by atoms with Gasteiger partial charge in [-0.1, -0.05) is 12.2 Å². The topological polar surface area (TPSA) is 29.6 Å². The molecule has 12 heavy (non-hydrogen) atoms. The molecule has 1 aliphatic heterocycles. The normalized spacial score (nSPS) is 40.1. The average Bonchev–Trinajstić information content (AvgIpc) is 2.78. The van der Waals surface area contributed by atoms with E-state index >= 15 is 0 Å². The van der Waals surface area contributed by atoms with Crippen LogP contribution in [0.4, 0.5) is 0 Å². The minimum absolute atomic E-state index is 0.245. The van der Waals surface area contributed by atoms with Crippen molar-refractivity contribution < 1.29 is 9.53 Å². The maximum Gasteiger partial charge on any atom is 0.167 e. The summed E-state index contributed by atoms with van der Waals surface area (Å²) in [5, 5.41) is 0. The monoisotopic (exact) mass is 166 g/mol. The molecule has 0 aromatic rings. The number of ether oxygens (including phenoxy) is 1. The number of ketones is 1. The Morgan fingerprint density at radius 3 is 3.25 bits per heavy atom. The smallest absolute Gasteiger partial charge is 0.167 e. The number of allylic oxidation sites excluding steroid dienone is 1. The summed E-state index contributed by atoms with van der Waals surface area (Å²) >= 11 is 0. The molecule has 66 valence electrons. The average molecular weight is 166 g/mol. The van der Waals surface area contributed by atoms with Crippen LogP contribution in [0.5, 0.6) is 0 Å². The summed E-state index contributed by atoms with van der Waals surface area (Å²) in [5.74, 6) is 0.317. The van der Waals surface area contributed by atoms with E-state index in [1.807, 2.05) is 19.1 Å². The predicted molar refractivity (Wildman–Crippen MR) is 45.9 cm³/mol. The van der Waals surface area contributed by atoms with Crippen LogP contribution < -0.4 is 0 Å². The predicted octanol–water partition coefficient (Wildman–Crippen LogP) is 1.84. The molecule has 1 aliphatic carbocycles. The second-order valence-electron chi connectivity index (χ2n) is 3.58. The first-order valence-corrected chi connectivity index (χ1v) is 4.62. The van der Waals surface area contributed by atoms with Gasteiger partial charge in [-0.2, -0.15) is 0 Å². The Hall–Kier alpha value is -0.630. The van der Waals surface area contributed by atoms with Gasteiger partial charge in [-0.3, -0.25) is 4.79 Å². The second-order valence-corrected chi connectivity index (χ2v) is 3.58. The van der Waals surface area contributed by atoms with Crippen molar-refractivity contribution in [1.29, 1.82) is 0 Å². The Labute approximate surface area is 72.6 Å². The van der Waals surface area contributed by atoms with Crippen molar-refractivity contribution in [3.05, 3.63) is 12.2 Å². The molecule has 1 saturated heterocycles. The fraction of sp³-hybridized carbons (Fsp3) is 0.700. The molecule has 2 nitrogen and oxygen atoms in total. The van der Waals surface area contributed by atoms with Crippen LogP contribution in [0.15, 0.2) is 12.2 Å². The van der Waals surface area contributed by atoms with Crippen LogP contribution in [0.2, 0.25) is 0 Å². The van der Waals surface area contributed by atoms with Crippen molar-refractivity contribution in [2.45, 2.75) is 44.3 Å². The van der Waals surface area contributed by atoms with Gasteiger partial charge in [-0.25, -0.2) is 0 Å². The van der Waals surface area contributed by atoms with Crippen molar-refractivity contribution in [2.75, 3.05) is 0 Å². The first-order valence-electron chi connectivity index (χ1n) is 4.62. The first kappa shape index (κ1) is 7.99. The molecule has 2 aliphatic rings. The molecule has 1 saturated carbocycles. The third-order valence-electron chi connectivity index (χ3n) is 2.81. The molecule has 2 fully saturated rings. The number of Topliss-reactive ketones (excluding diaryl/α,β-unsaturated/α-hetero) is 1. The highest BCUT2D eigenvalue weighted by Crippen LogP contribution is 2.47. The highest BCUT2D eigenvalue weighted by Gasteiger charge is 2.61. The van der Waals surface area contributed by atoms with Crippen LogP contribution in [0.1, 0.15) is 32.6 Å². The number of fused-ring (bicyclic) bond motifs is 1. The van der Waals surface area contributed by atoms with Gasteiger partial charge in [0, 0.05) is 12.8 Å². The molecule has 0 aromatic heterocycles. The van der Waals surface area contributed by atoms with Gasteiger partial charge in [0.15, 0.2) is 11.4 Å². The quantitative estimate of drug-likeness (QED) is 0.462. The lowest BCUT2D eigenvalue weighted by atomic mass is 9.85. The number of epoxide rings is 1. The zero-order chi connectivity index (χ0) is 8.60. The summed E-state index contributed by atoms with van der Waals surface area (Å²) in [6.45, 7) is 1.97. The number of hydrogen-bond donors (Lipinski definition) is 0. The van der Waals surface area contributed by atoms with E-state index in [4.69, 9.17) is 4.74 Å². The molecule has 2 unspecified atom stereocenters. The van der Waals surface area contributed by atoms with E-state index in [2.05, 4.69) is 0 Å². The highest BCUT2D eigenvalue weighted by atomic mass is 16.6. The van der Waals surface area contributed by atoms with Crippen LogP contribution in [0, 0.1) is 0 Å². The Balaban J connectivity index is 2.06. The molecule has 2 rings (SSSR count). The van der Waals surface area contributed by atoms with Crippen LogP contribution in [-0.4, -0.2) is 17.5 Å². The third kappa shape index (κ3) is 1.02. The van der Waals surface area contributed by atoms with Gasteiger partial charge < -0.3 is 4.74 Å². The fourth-order valence-electron chi connectivity index (χ4n) is 2.00. The molecule has 2 atom stereocenters. The van der Waals surface area contributed by atoms with Crippen LogP contribution >= 0.6 is 0 Å². The van der Waals surface area contributed by atoms with Gasteiger partial charge in [0.25, 0.3) is 0 Å². The lowest BCUT2D eigenvalue weighted by molar-refractivity contribution is -0.124. The molecular weight excluding hydrogens is 152 g/mol. The van der Waals surface area contributed by atoms with Crippen LogP contribution in [0.3, 0.4) is 0 Å². The molecule has 0 spiro atoms. The van der Waals surface area contributed by atoms with E-state index in [1.165, 1.54) is 0 Å². The molecule has 0 N–H and O–H groups in total. The van der Waals surface area contributed by atoms with E-state index in [0.717, 1.165) is 19.3 Å². The Morgan fingerprint density at radius 1 is 1.75 bits per heavy atom. The summed E-state index contributed by atoms with van der Waals surface area (Å²) in [6.07, 6.45) is 7.85. The molecule has 1 heterocycles. The number of hydrogen-bond acceptors (Lipinski definition) is 2. The largest absolute Gasteiger partial charge is 0.357 e. The minimum Gasteiger partial charge on any atom is -0.357 e. The summed E-state index contributed by atoms with van der Waals surface area (Å²) in [7, 11) is 0. The van der Waals surface area contributed by atoms with Crippen molar-refractivity contribution >= 4 is 5.78 Å². The minimum atomic E-state index is -0.370. The van der Waals surface area contributed by atoms with E-state index in [-0.39, 0.29) is 11.7 Å². The third-order valence-corrected chi connectivity index (χ3v) is 2.81. The van der Waals surface area contributed by atoms with Crippen molar-refractivity contribution in [1.82, 2.24) is 0 Å². The number of rotatable bonds is 2. The van der Waals surface area contributed by atoms with Gasteiger partial charge in [0.1, 0.15) is 0 Å². The molecule has 0 aromatic carbocycles. The molecule has 0 amide bonds. The molecule has 0 radical (unpaired) electrons. The van der Waals surface area contributed by atoms with Gasteiger partial charge in [0.2, 0.25) is 0 Å². The van der Waals surface area contributed by atoms with E-state index < -0.39 is 0 Å². The van der Waals surface area contributed by atoms with Crippen molar-refractivity contribution in [2.24, 2.45) is 0 Å². The van der Waals surface area contributed by atoms with E-state index in [0.29, 0.717) is 12.2 Å².